The summed E-state index contributed by atoms with van der Waals surface area (Å²) in [5.41, 5.74) is 2.44. The minimum atomic E-state index is -4.11. The summed E-state index contributed by atoms with van der Waals surface area (Å²) in [4.78, 5) is 50.9. The van der Waals surface area contributed by atoms with Gasteiger partial charge in [0.05, 0.1) is 18.2 Å². The number of hydrogen-bond acceptors (Lipinski definition) is 13. The van der Waals surface area contributed by atoms with Gasteiger partial charge in [-0.15, -0.1) is 0 Å². The molecule has 2 heterocycles. The molecule has 2 fully saturated rings. The fourth-order valence-electron chi connectivity index (χ4n) is 7.36. The van der Waals surface area contributed by atoms with E-state index >= 15 is 0 Å². The molecule has 70 heavy (non-hydrogen) atoms. The van der Waals surface area contributed by atoms with Crippen molar-refractivity contribution in [2.45, 2.75) is 97.7 Å². The van der Waals surface area contributed by atoms with Gasteiger partial charge in [0.1, 0.15) is 44.0 Å². The van der Waals surface area contributed by atoms with Gasteiger partial charge in [-0.3, -0.25) is 0 Å². The Morgan fingerprint density at radius 2 is 0.843 bits per heavy atom. The van der Waals surface area contributed by atoms with Crippen molar-refractivity contribution in [1.82, 2.24) is 18.4 Å². The summed E-state index contributed by atoms with van der Waals surface area (Å²) in [6, 6.07) is 19.0. The molecule has 4 aromatic carbocycles. The Hall–Kier alpha value is -6.22. The molecule has 2 aliphatic rings. The van der Waals surface area contributed by atoms with Gasteiger partial charge in [0.25, 0.3) is 0 Å². The van der Waals surface area contributed by atoms with Crippen LogP contribution in [0.3, 0.4) is 0 Å². The Balaban J connectivity index is 0.000000300. The van der Waals surface area contributed by atoms with E-state index in [9.17, 15) is 41.1 Å². The highest BCUT2D eigenvalue weighted by atomic mass is 32.2. The zero-order valence-electron chi connectivity index (χ0n) is 40.9. The molecule has 0 aromatic heterocycles. The third-order valence-electron chi connectivity index (χ3n) is 10.4. The number of piperazine rings is 2. The maximum absolute atomic E-state index is 13.7. The van der Waals surface area contributed by atoms with E-state index in [1.807, 2.05) is 39.8 Å². The highest BCUT2D eigenvalue weighted by Gasteiger charge is 2.36. The molecule has 2 saturated heterocycles. The summed E-state index contributed by atoms with van der Waals surface area (Å²) < 4.78 is 84.3. The van der Waals surface area contributed by atoms with E-state index in [2.05, 4.69) is 0 Å². The number of nitrogens with zero attached hydrogens (tertiary/aromatic N) is 4. The van der Waals surface area contributed by atoms with Gasteiger partial charge in [-0.05, 0) is 152 Å². The molecular formula is C50H66N4O14S2. The fraction of sp³-hybridized carbons (Fsp3) is 0.440. The Kier molecular flexibility index (Phi) is 18.3. The molecule has 0 saturated carbocycles. The smallest absolute Gasteiger partial charge is 0.410 e. The Labute approximate surface area is 412 Å². The molecule has 0 aliphatic carbocycles. The summed E-state index contributed by atoms with van der Waals surface area (Å²) >= 11 is 0. The zero-order chi connectivity index (χ0) is 51.2. The van der Waals surface area contributed by atoms with Crippen LogP contribution in [0.5, 0.6) is 23.0 Å². The summed E-state index contributed by atoms with van der Waals surface area (Å²) in [6.07, 6.45) is -0.989. The molecule has 0 unspecified atom stereocenters. The second-order valence-electron chi connectivity index (χ2n) is 18.7. The van der Waals surface area contributed by atoms with Crippen LogP contribution in [0.25, 0.3) is 0 Å². The number of ether oxygens (including phenoxy) is 5. The van der Waals surface area contributed by atoms with Crippen molar-refractivity contribution in [2.75, 3.05) is 59.5 Å². The van der Waals surface area contributed by atoms with Crippen LogP contribution in [0.2, 0.25) is 0 Å². The van der Waals surface area contributed by atoms with Gasteiger partial charge in [0.2, 0.25) is 20.0 Å². The van der Waals surface area contributed by atoms with Crippen LogP contribution in [0.15, 0.2) is 82.6 Å². The van der Waals surface area contributed by atoms with Crippen LogP contribution in [-0.4, -0.2) is 135 Å². The molecule has 0 bridgehead atoms. The van der Waals surface area contributed by atoms with Crippen molar-refractivity contribution in [1.29, 1.82) is 0 Å². The molecule has 1 N–H and O–H groups in total. The minimum absolute atomic E-state index is 0. The number of hydrogen-bond donors (Lipinski definition) is 1. The number of benzene rings is 4. The molecule has 20 heteroatoms. The lowest BCUT2D eigenvalue weighted by Gasteiger charge is -2.35. The van der Waals surface area contributed by atoms with E-state index in [-0.39, 0.29) is 92.2 Å². The number of rotatable bonds is 10. The van der Waals surface area contributed by atoms with Crippen LogP contribution in [0.1, 0.15) is 91.9 Å². The van der Waals surface area contributed by atoms with Crippen molar-refractivity contribution >= 4 is 44.2 Å². The van der Waals surface area contributed by atoms with Crippen molar-refractivity contribution in [3.8, 4) is 23.0 Å². The highest BCUT2D eigenvalue weighted by molar-refractivity contribution is 7.89. The lowest BCUT2D eigenvalue weighted by atomic mass is 10.1. The van der Waals surface area contributed by atoms with E-state index < -0.39 is 55.4 Å². The van der Waals surface area contributed by atoms with Crippen LogP contribution >= 0.6 is 0 Å². The lowest BCUT2D eigenvalue weighted by Crippen LogP contribution is -2.51. The van der Waals surface area contributed by atoms with Gasteiger partial charge < -0.3 is 38.6 Å². The van der Waals surface area contributed by atoms with Crippen LogP contribution in [0, 0.1) is 27.7 Å². The second kappa shape index (κ2) is 22.7. The number of aryl methyl sites for hydroxylation is 4. The van der Waals surface area contributed by atoms with Gasteiger partial charge in [-0.25, -0.2) is 36.0 Å². The average Bonchev–Trinajstić information content (AvgIpc) is 3.24. The molecule has 2 aliphatic heterocycles. The maximum Gasteiger partial charge on any atom is 0.410 e. The van der Waals surface area contributed by atoms with E-state index in [1.54, 1.807) is 65.8 Å². The molecular weight excluding hydrogens is 945 g/mol. The normalized spacial score (nSPS) is 14.8. The first-order chi connectivity index (χ1) is 32.1. The summed E-state index contributed by atoms with van der Waals surface area (Å²) in [5, 5.41) is 9.42. The third kappa shape index (κ3) is 14.9. The summed E-state index contributed by atoms with van der Waals surface area (Å²) in [7, 11) is -6.94. The van der Waals surface area contributed by atoms with Crippen molar-refractivity contribution in [3.63, 3.8) is 0 Å². The number of amides is 2. The van der Waals surface area contributed by atoms with E-state index in [0.717, 1.165) is 28.3 Å². The first-order valence-electron chi connectivity index (χ1n) is 22.1. The topological polar surface area (TPSA) is 216 Å². The second-order valence-corrected chi connectivity index (χ2v) is 22.5. The lowest BCUT2D eigenvalue weighted by molar-refractivity contribution is 0.0183. The van der Waals surface area contributed by atoms with Gasteiger partial charge in [-0.2, -0.15) is 8.61 Å². The highest BCUT2D eigenvalue weighted by Crippen LogP contribution is 2.35. The fourth-order valence-corrected chi connectivity index (χ4v) is 10.5. The molecule has 382 valence electrons. The number of methoxy groups -OCH3 is 1. The molecule has 18 nitrogen and oxygen atoms in total. The van der Waals surface area contributed by atoms with Crippen molar-refractivity contribution < 1.29 is 64.8 Å². The van der Waals surface area contributed by atoms with Gasteiger partial charge in [0.15, 0.2) is 0 Å². The predicted molar refractivity (Wildman–Crippen MR) is 263 cm³/mol. The first-order valence-corrected chi connectivity index (χ1v) is 25.0. The number of esters is 1. The van der Waals surface area contributed by atoms with Gasteiger partial charge in [-0.1, -0.05) is 19.6 Å². The molecule has 0 radical (unpaired) electrons. The monoisotopic (exact) mass is 1010 g/mol. The first kappa shape index (κ1) is 56.4. The summed E-state index contributed by atoms with van der Waals surface area (Å²) in [6.45, 7) is 19.1. The van der Waals surface area contributed by atoms with Gasteiger partial charge >= 0.3 is 24.1 Å². The summed E-state index contributed by atoms with van der Waals surface area (Å²) in [5.74, 6) is -0.841. The van der Waals surface area contributed by atoms with Gasteiger partial charge in [0, 0.05) is 52.4 Å². The quantitative estimate of drug-likeness (QED) is 0.116. The van der Waals surface area contributed by atoms with E-state index in [4.69, 9.17) is 23.7 Å². The standard InChI is InChI=1S/C25H32N2O7S.C24H30N2O7S.CH4/c1-17-13-18(2)15-20(14-17)33-21-8-7-19(23(28)32-6)16-22(21)35(30,31)27-11-9-26(10-12-27)24(29)34-25(3,4)5;1-16-12-17(2)14-19(13-16)32-20-7-6-18(22(27)28)15-21(20)34(30,31)26-10-8-25(9-11-26)23(29)33-24(3,4)5;/h7-8,13-16H,9-12H2,1-6H3;6-7,12-15H,8-11H2,1-5H3,(H,27,28);1H4. The number of aromatic carboxylic acids is 1. The number of carboxylic acids is 1. The van der Waals surface area contributed by atoms with E-state index in [1.165, 1.54) is 55.9 Å². The Bertz CT molecular complexity index is 2750. The number of sulfonamides is 2. The molecule has 0 spiro atoms. The van der Waals surface area contributed by atoms with E-state index in [0.29, 0.717) is 11.5 Å². The molecule has 2 amide bonds. The van der Waals surface area contributed by atoms with Crippen molar-refractivity contribution in [2.24, 2.45) is 0 Å². The van der Waals surface area contributed by atoms with Crippen LogP contribution < -0.4 is 9.47 Å². The number of carbonyl (C=O) groups excluding carboxylic acids is 3. The largest absolute Gasteiger partial charge is 0.478 e. The third-order valence-corrected chi connectivity index (χ3v) is 14.3. The number of carboxylic acid groups (broad SMARTS) is 1. The Morgan fingerprint density at radius 1 is 0.514 bits per heavy atom. The maximum atomic E-state index is 13.7. The number of carbonyl (C=O) groups is 4. The van der Waals surface area contributed by atoms with Crippen LogP contribution in [0.4, 0.5) is 9.59 Å². The zero-order valence-corrected chi connectivity index (χ0v) is 42.6. The van der Waals surface area contributed by atoms with Crippen LogP contribution in [-0.2, 0) is 34.3 Å². The minimum Gasteiger partial charge on any atom is -0.478 e. The molecule has 4 aromatic rings. The predicted octanol–water partition coefficient (Wildman–Crippen LogP) is 8.80. The van der Waals surface area contributed by atoms with Crippen molar-refractivity contribution in [3.05, 3.63) is 106 Å². The Morgan fingerprint density at radius 3 is 1.16 bits per heavy atom. The molecule has 0 atom stereocenters. The average molecular weight is 1010 g/mol. The SMILES string of the molecule is C.COC(=O)c1ccc(Oc2cc(C)cc(C)c2)c(S(=O)(=O)N2CCN(C(=O)OC(C)(C)C)CC2)c1.Cc1cc(C)cc(Oc2ccc(C(=O)O)cc2S(=O)(=O)N2CCN(C(=O)OC(C)(C)C)CC2)c1. The molecule has 6 rings (SSSR count).